The minimum absolute atomic E-state index is 0.138. The molecule has 0 aliphatic heterocycles. The average Bonchev–Trinajstić information content (AvgIpc) is 2.89. The van der Waals surface area contributed by atoms with Gasteiger partial charge in [0.15, 0.2) is 0 Å². The summed E-state index contributed by atoms with van der Waals surface area (Å²) in [5, 5.41) is 1.72. The molecule has 6 aromatic rings. The van der Waals surface area contributed by atoms with Crippen molar-refractivity contribution < 1.29 is 4.74 Å². The van der Waals surface area contributed by atoms with E-state index < -0.39 is 0 Å². The van der Waals surface area contributed by atoms with Crippen LogP contribution >= 0.6 is 0 Å². The quantitative estimate of drug-likeness (QED) is 0.330. The smallest absolute Gasteiger partial charge is 0.255 e. The summed E-state index contributed by atoms with van der Waals surface area (Å²) in [5.41, 5.74) is 9.80. The van der Waals surface area contributed by atoms with Crippen LogP contribution in [0.4, 0.5) is 5.82 Å². The third kappa shape index (κ3) is 3.87. The van der Waals surface area contributed by atoms with E-state index in [0.717, 1.165) is 38.7 Å². The molecule has 35 heavy (non-hydrogen) atoms. The number of rotatable bonds is 4. The molecule has 6 nitrogen and oxygen atoms in total. The van der Waals surface area contributed by atoms with E-state index in [4.69, 9.17) is 10.5 Å². The van der Waals surface area contributed by atoms with Gasteiger partial charge in [-0.05, 0) is 60.2 Å². The van der Waals surface area contributed by atoms with E-state index >= 15 is 0 Å². The molecular weight excluding hydrogens is 436 g/mol. The molecular formula is C29H20N4O2. The number of ether oxygens (including phenoxy) is 1. The van der Waals surface area contributed by atoms with E-state index in [1.54, 1.807) is 29.1 Å². The van der Waals surface area contributed by atoms with Crippen LogP contribution in [0.3, 0.4) is 0 Å². The van der Waals surface area contributed by atoms with Crippen molar-refractivity contribution in [2.75, 3.05) is 5.73 Å². The van der Waals surface area contributed by atoms with E-state index in [9.17, 15) is 4.79 Å². The Morgan fingerprint density at radius 2 is 1.54 bits per heavy atom. The summed E-state index contributed by atoms with van der Waals surface area (Å²) in [6.07, 6.45) is 3.54. The summed E-state index contributed by atoms with van der Waals surface area (Å²) in [7, 11) is 0. The van der Waals surface area contributed by atoms with Gasteiger partial charge in [-0.3, -0.25) is 14.3 Å². The zero-order valence-corrected chi connectivity index (χ0v) is 18.6. The van der Waals surface area contributed by atoms with E-state index in [-0.39, 0.29) is 5.56 Å². The lowest BCUT2D eigenvalue weighted by Gasteiger charge is -2.14. The van der Waals surface area contributed by atoms with E-state index in [1.165, 1.54) is 0 Å². The van der Waals surface area contributed by atoms with Crippen LogP contribution in [0.2, 0.25) is 0 Å². The van der Waals surface area contributed by atoms with Crippen molar-refractivity contribution >= 4 is 27.6 Å². The summed E-state index contributed by atoms with van der Waals surface area (Å²) in [4.78, 5) is 22.1. The average molecular weight is 457 g/mol. The Labute approximate surface area is 200 Å². The molecule has 0 spiro atoms. The minimum atomic E-state index is -0.138. The molecule has 2 N–H and O–H groups in total. The molecule has 0 saturated heterocycles. The number of pyridine rings is 3. The van der Waals surface area contributed by atoms with Crippen molar-refractivity contribution in [1.29, 1.82) is 0 Å². The second kappa shape index (κ2) is 8.43. The number of para-hydroxylation sites is 1. The summed E-state index contributed by atoms with van der Waals surface area (Å²) < 4.78 is 7.73. The Hall–Kier alpha value is -4.97. The number of benzene rings is 3. The summed E-state index contributed by atoms with van der Waals surface area (Å²) in [5.74, 6) is 1.84. The molecule has 3 aromatic carbocycles. The molecule has 3 heterocycles. The zero-order valence-electron chi connectivity index (χ0n) is 18.6. The molecule has 0 aliphatic rings. The monoisotopic (exact) mass is 456 g/mol. The first-order valence-corrected chi connectivity index (χ1v) is 11.2. The van der Waals surface area contributed by atoms with Gasteiger partial charge >= 0.3 is 0 Å². The van der Waals surface area contributed by atoms with Crippen LogP contribution in [0.1, 0.15) is 0 Å². The molecule has 6 rings (SSSR count). The van der Waals surface area contributed by atoms with Crippen molar-refractivity contribution in [3.8, 4) is 28.3 Å². The number of fused-ring (bicyclic) bond motifs is 3. The fourth-order valence-corrected chi connectivity index (χ4v) is 4.23. The first-order chi connectivity index (χ1) is 17.2. The van der Waals surface area contributed by atoms with Crippen molar-refractivity contribution in [1.82, 2.24) is 14.5 Å². The molecule has 0 unspecified atom stereocenters. The van der Waals surface area contributed by atoms with Crippen LogP contribution in [-0.2, 0) is 0 Å². The Morgan fingerprint density at radius 3 is 2.37 bits per heavy atom. The molecule has 0 saturated carbocycles. The van der Waals surface area contributed by atoms with Gasteiger partial charge in [-0.15, -0.1) is 0 Å². The van der Waals surface area contributed by atoms with Crippen molar-refractivity contribution in [3.63, 3.8) is 0 Å². The second-order valence-electron chi connectivity index (χ2n) is 8.19. The first-order valence-electron chi connectivity index (χ1n) is 11.2. The second-order valence-corrected chi connectivity index (χ2v) is 8.19. The Balaban J connectivity index is 1.56. The Morgan fingerprint density at radius 1 is 0.714 bits per heavy atom. The molecule has 0 amide bonds. The van der Waals surface area contributed by atoms with Crippen LogP contribution in [0, 0.1) is 0 Å². The van der Waals surface area contributed by atoms with Gasteiger partial charge < -0.3 is 10.5 Å². The van der Waals surface area contributed by atoms with Crippen LogP contribution in [0.15, 0.2) is 114 Å². The highest BCUT2D eigenvalue weighted by Crippen LogP contribution is 2.30. The number of nitrogens with zero attached hydrogens (tertiary/aromatic N) is 3. The first kappa shape index (κ1) is 20.6. The van der Waals surface area contributed by atoms with Crippen LogP contribution in [0.5, 0.6) is 11.5 Å². The van der Waals surface area contributed by atoms with Crippen LogP contribution < -0.4 is 16.0 Å². The molecule has 6 heteroatoms. The molecule has 0 atom stereocenters. The maximum atomic E-state index is 13.2. The SMILES string of the molecule is Nc1ccc(-c2ccc3ncc4ccc(=O)n(-c5cccc(Oc6ccccc6)c5)c4c3c2)cn1. The summed E-state index contributed by atoms with van der Waals surface area (Å²) in [6, 6.07) is 30.1. The highest BCUT2D eigenvalue weighted by atomic mass is 16.5. The highest BCUT2D eigenvalue weighted by Gasteiger charge is 2.12. The highest BCUT2D eigenvalue weighted by molar-refractivity contribution is 6.05. The fourth-order valence-electron chi connectivity index (χ4n) is 4.23. The maximum Gasteiger partial charge on any atom is 0.255 e. The predicted molar refractivity (Wildman–Crippen MR) is 139 cm³/mol. The van der Waals surface area contributed by atoms with Gasteiger partial charge in [0.05, 0.1) is 16.7 Å². The van der Waals surface area contributed by atoms with Crippen molar-refractivity contribution in [2.24, 2.45) is 0 Å². The number of nitrogen functional groups attached to an aromatic ring is 1. The van der Waals surface area contributed by atoms with E-state index in [0.29, 0.717) is 17.3 Å². The standard InChI is InChI=1S/C29H20N4O2/c30-27-13-10-20(17-32-27)19-9-12-26-25(15-19)29-21(18-31-26)11-14-28(34)33(29)22-5-4-8-24(16-22)35-23-6-2-1-3-7-23/h1-18H,(H2,30,32). The number of hydrogen-bond acceptors (Lipinski definition) is 5. The van der Waals surface area contributed by atoms with Gasteiger partial charge in [0.1, 0.15) is 17.3 Å². The molecule has 0 radical (unpaired) electrons. The van der Waals surface area contributed by atoms with Gasteiger partial charge in [0.2, 0.25) is 0 Å². The fraction of sp³-hybridized carbons (Fsp3) is 0. The van der Waals surface area contributed by atoms with Gasteiger partial charge in [0, 0.05) is 40.9 Å². The number of nitrogens with two attached hydrogens (primary N) is 1. The molecule has 3 aromatic heterocycles. The van der Waals surface area contributed by atoms with E-state index in [2.05, 4.69) is 9.97 Å². The number of aromatic nitrogens is 3. The Bertz CT molecular complexity index is 1740. The molecule has 0 bridgehead atoms. The Kier molecular flexibility index (Phi) is 4.96. The molecule has 0 aliphatic carbocycles. The third-order valence-corrected chi connectivity index (χ3v) is 5.89. The zero-order chi connectivity index (χ0) is 23.8. The third-order valence-electron chi connectivity index (χ3n) is 5.89. The molecule has 0 fully saturated rings. The topological polar surface area (TPSA) is 83.0 Å². The minimum Gasteiger partial charge on any atom is -0.457 e. The van der Waals surface area contributed by atoms with E-state index in [1.807, 2.05) is 84.9 Å². The van der Waals surface area contributed by atoms with Gasteiger partial charge in [-0.25, -0.2) is 4.98 Å². The van der Waals surface area contributed by atoms with Crippen LogP contribution in [-0.4, -0.2) is 14.5 Å². The van der Waals surface area contributed by atoms with Crippen molar-refractivity contribution in [3.05, 3.63) is 120 Å². The lowest BCUT2D eigenvalue weighted by atomic mass is 10.0. The van der Waals surface area contributed by atoms with Gasteiger partial charge in [-0.2, -0.15) is 0 Å². The predicted octanol–water partition coefficient (Wildman–Crippen LogP) is 5.98. The number of anilines is 1. The summed E-state index contributed by atoms with van der Waals surface area (Å²) >= 11 is 0. The maximum absolute atomic E-state index is 13.2. The molecule has 168 valence electrons. The lowest BCUT2D eigenvalue weighted by molar-refractivity contribution is 0.482. The van der Waals surface area contributed by atoms with Gasteiger partial charge in [0.25, 0.3) is 5.56 Å². The largest absolute Gasteiger partial charge is 0.457 e. The van der Waals surface area contributed by atoms with Crippen molar-refractivity contribution in [2.45, 2.75) is 0 Å². The lowest BCUT2D eigenvalue weighted by Crippen LogP contribution is -2.17. The normalized spacial score (nSPS) is 11.1. The number of hydrogen-bond donors (Lipinski definition) is 1. The summed E-state index contributed by atoms with van der Waals surface area (Å²) in [6.45, 7) is 0. The van der Waals surface area contributed by atoms with Crippen LogP contribution in [0.25, 0.3) is 38.6 Å². The van der Waals surface area contributed by atoms with Gasteiger partial charge in [-0.1, -0.05) is 30.3 Å².